The van der Waals surface area contributed by atoms with E-state index in [2.05, 4.69) is 12.2 Å². The van der Waals surface area contributed by atoms with Gasteiger partial charge in [0.1, 0.15) is 6.04 Å². The van der Waals surface area contributed by atoms with E-state index in [4.69, 9.17) is 4.74 Å². The van der Waals surface area contributed by atoms with Crippen LogP contribution in [0.15, 0.2) is 42.5 Å². The van der Waals surface area contributed by atoms with Crippen LogP contribution in [0.1, 0.15) is 50.2 Å². The summed E-state index contributed by atoms with van der Waals surface area (Å²) in [4.78, 5) is 45.9. The van der Waals surface area contributed by atoms with Crippen LogP contribution >= 0.6 is 11.8 Å². The van der Waals surface area contributed by atoms with Gasteiger partial charge in [0, 0.05) is 30.1 Å². The van der Waals surface area contributed by atoms with Crippen LogP contribution in [-0.4, -0.2) is 69.6 Å². The molecular formula is C30H38N2O5S. The predicted octanol–water partition coefficient (Wildman–Crippen LogP) is 3.95. The minimum atomic E-state index is -0.892. The average Bonchev–Trinajstić information content (AvgIpc) is 3.20. The Bertz CT molecular complexity index is 1180. The third kappa shape index (κ3) is 4.39. The highest BCUT2D eigenvalue weighted by Crippen LogP contribution is 2.65. The molecule has 1 unspecified atom stereocenters. The van der Waals surface area contributed by atoms with Crippen LogP contribution in [0.3, 0.4) is 0 Å². The van der Waals surface area contributed by atoms with E-state index >= 15 is 0 Å². The highest BCUT2D eigenvalue weighted by Gasteiger charge is 2.73. The molecule has 0 aromatic heterocycles. The van der Waals surface area contributed by atoms with Crippen LogP contribution in [-0.2, 0) is 19.1 Å². The average molecular weight is 539 g/mol. The number of rotatable bonds is 5. The number of unbranched alkanes of at least 4 members (excludes halogenated alkanes) is 1. The van der Waals surface area contributed by atoms with E-state index in [9.17, 15) is 19.5 Å². The lowest BCUT2D eigenvalue weighted by Gasteiger charge is -2.37. The van der Waals surface area contributed by atoms with E-state index in [0.29, 0.717) is 32.5 Å². The van der Waals surface area contributed by atoms with Gasteiger partial charge in [0.2, 0.25) is 5.91 Å². The third-order valence-corrected chi connectivity index (χ3v) is 10.3. The summed E-state index contributed by atoms with van der Waals surface area (Å²) in [5.74, 6) is -2.04. The Morgan fingerprint density at radius 3 is 2.66 bits per heavy atom. The summed E-state index contributed by atoms with van der Waals surface area (Å²) in [6.45, 7) is 7.14. The zero-order valence-corrected chi connectivity index (χ0v) is 23.3. The number of likely N-dealkylation sites (tertiary alicyclic amines) is 1. The smallest absolute Gasteiger partial charge is 0.311 e. The number of amides is 2. The van der Waals surface area contributed by atoms with Gasteiger partial charge < -0.3 is 19.6 Å². The van der Waals surface area contributed by atoms with E-state index < -0.39 is 27.4 Å². The minimum absolute atomic E-state index is 0.0241. The molecule has 204 valence electrons. The first-order chi connectivity index (χ1) is 18.2. The molecule has 7 nitrogen and oxygen atoms in total. The van der Waals surface area contributed by atoms with Gasteiger partial charge in [0.05, 0.1) is 23.2 Å². The van der Waals surface area contributed by atoms with Crippen molar-refractivity contribution in [2.45, 2.75) is 68.4 Å². The van der Waals surface area contributed by atoms with Crippen LogP contribution in [0.5, 0.6) is 0 Å². The number of cyclic esters (lactones) is 1. The molecule has 38 heavy (non-hydrogen) atoms. The molecule has 8 heteroatoms. The molecule has 0 bridgehead atoms. The lowest BCUT2D eigenvalue weighted by atomic mass is 9.74. The summed E-state index contributed by atoms with van der Waals surface area (Å²) in [6.07, 6.45) is 12.0. The molecule has 0 saturated carbocycles. The minimum Gasteiger partial charge on any atom is -0.465 e. The number of hydrogen-bond donors (Lipinski definition) is 1. The van der Waals surface area contributed by atoms with Gasteiger partial charge in [-0.15, -0.1) is 11.8 Å². The summed E-state index contributed by atoms with van der Waals surface area (Å²) in [5.41, 5.74) is 2.89. The second-order valence-corrected chi connectivity index (χ2v) is 13.0. The van der Waals surface area contributed by atoms with Crippen LogP contribution in [0.4, 0.5) is 5.69 Å². The number of ether oxygens (including phenoxy) is 1. The highest BCUT2D eigenvalue weighted by molar-refractivity contribution is 8.02. The van der Waals surface area contributed by atoms with Gasteiger partial charge in [-0.05, 0) is 70.1 Å². The van der Waals surface area contributed by atoms with Crippen molar-refractivity contribution in [3.8, 4) is 0 Å². The zero-order chi connectivity index (χ0) is 27.1. The third-order valence-electron chi connectivity index (χ3n) is 8.46. The lowest BCUT2D eigenvalue weighted by molar-refractivity contribution is -0.154. The fraction of sp³-hybridized carbons (Fsp3) is 0.567. The first-order valence-corrected chi connectivity index (χ1v) is 14.6. The number of benzene rings is 1. The van der Waals surface area contributed by atoms with Crippen molar-refractivity contribution < 1.29 is 24.2 Å². The van der Waals surface area contributed by atoms with Gasteiger partial charge in [0.15, 0.2) is 0 Å². The maximum atomic E-state index is 14.5. The number of aryl methyl sites for hydroxylation is 2. The van der Waals surface area contributed by atoms with Crippen molar-refractivity contribution in [3.63, 3.8) is 0 Å². The van der Waals surface area contributed by atoms with E-state index in [-0.39, 0.29) is 24.4 Å². The number of allylic oxidation sites excluding steroid dienone is 1. The molecular weight excluding hydrogens is 500 g/mol. The SMILES string of the molecule is Cc1ccc(C)c(N2CC=C[C@]34S[C@]5(C)/C=C\CCCCOC(=O)[C@@H]5[C@H]3C(=O)N(CCCCO)C4C2=O)c1. The summed E-state index contributed by atoms with van der Waals surface area (Å²) in [6, 6.07) is 5.32. The number of nitrogens with zero attached hydrogens (tertiary/aromatic N) is 2. The van der Waals surface area contributed by atoms with E-state index in [1.165, 1.54) is 0 Å². The molecule has 2 fully saturated rings. The van der Waals surface area contributed by atoms with Crippen molar-refractivity contribution in [3.05, 3.63) is 53.6 Å². The standard InChI is InChI=1S/C30H38N2O5S/c1-20-11-12-21(2)22(19-20)31-16-10-14-30-23(26(34)32(15-7-8-17-33)25(30)27(31)35)24-28(36)37-18-9-5-4-6-13-29(24,3)38-30/h6,10-14,19,23-25,33H,4-5,7-9,15-18H2,1-3H3/b13-6-/t23-,24-,25?,29+,30-/m0/s1. The Morgan fingerprint density at radius 1 is 1.05 bits per heavy atom. The molecule has 1 aromatic rings. The first kappa shape index (κ1) is 27.0. The fourth-order valence-corrected chi connectivity index (χ4v) is 8.81. The second-order valence-electron chi connectivity index (χ2n) is 11.2. The highest BCUT2D eigenvalue weighted by atomic mass is 32.2. The Balaban J connectivity index is 1.63. The number of carbonyl (C=O) groups is 3. The molecule has 5 atom stereocenters. The van der Waals surface area contributed by atoms with Crippen LogP contribution in [0.2, 0.25) is 0 Å². The van der Waals surface area contributed by atoms with Gasteiger partial charge >= 0.3 is 5.97 Å². The molecule has 4 heterocycles. The Hall–Kier alpha value is -2.58. The zero-order valence-electron chi connectivity index (χ0n) is 22.5. The molecule has 4 aliphatic rings. The maximum Gasteiger partial charge on any atom is 0.311 e. The monoisotopic (exact) mass is 538 g/mol. The molecule has 4 aliphatic heterocycles. The van der Waals surface area contributed by atoms with E-state index in [0.717, 1.165) is 36.1 Å². The van der Waals surface area contributed by atoms with Gasteiger partial charge in [-0.2, -0.15) is 0 Å². The van der Waals surface area contributed by atoms with Crippen LogP contribution < -0.4 is 4.90 Å². The van der Waals surface area contributed by atoms with Gasteiger partial charge in [-0.3, -0.25) is 14.4 Å². The maximum absolute atomic E-state index is 14.5. The normalized spacial score (nSPS) is 33.9. The number of aliphatic hydroxyl groups is 1. The number of esters is 1. The molecule has 5 rings (SSSR count). The fourth-order valence-electron chi connectivity index (χ4n) is 6.66. The summed E-state index contributed by atoms with van der Waals surface area (Å²) in [5, 5.41) is 9.41. The summed E-state index contributed by atoms with van der Waals surface area (Å²) in [7, 11) is 0. The van der Waals surface area contributed by atoms with Gasteiger partial charge in [-0.1, -0.05) is 36.4 Å². The van der Waals surface area contributed by atoms with Crippen molar-refractivity contribution in [1.82, 2.24) is 4.90 Å². The van der Waals surface area contributed by atoms with Crippen LogP contribution in [0, 0.1) is 25.7 Å². The molecule has 1 spiro atoms. The topological polar surface area (TPSA) is 87.2 Å². The molecule has 1 N–H and O–H groups in total. The predicted molar refractivity (Wildman–Crippen MR) is 149 cm³/mol. The summed E-state index contributed by atoms with van der Waals surface area (Å²) < 4.78 is 4.16. The number of thioether (sulfide) groups is 1. The number of aliphatic hydroxyl groups excluding tert-OH is 1. The Morgan fingerprint density at radius 2 is 1.87 bits per heavy atom. The van der Waals surface area contributed by atoms with Gasteiger partial charge in [0.25, 0.3) is 5.91 Å². The molecule has 2 amide bonds. The lowest BCUT2D eigenvalue weighted by Crippen LogP contribution is -2.53. The molecule has 1 aromatic carbocycles. The summed E-state index contributed by atoms with van der Waals surface area (Å²) >= 11 is 1.58. The molecule has 0 radical (unpaired) electrons. The Kier molecular flexibility index (Phi) is 7.48. The number of hydrogen-bond acceptors (Lipinski definition) is 6. The van der Waals surface area contributed by atoms with Crippen molar-refractivity contribution in [2.24, 2.45) is 11.8 Å². The molecule has 0 aliphatic carbocycles. The Labute approximate surface area is 229 Å². The quantitative estimate of drug-likeness (QED) is 0.347. The largest absolute Gasteiger partial charge is 0.465 e. The van der Waals surface area contributed by atoms with Crippen molar-refractivity contribution in [1.29, 1.82) is 0 Å². The van der Waals surface area contributed by atoms with E-state index in [1.54, 1.807) is 21.6 Å². The van der Waals surface area contributed by atoms with Gasteiger partial charge in [-0.25, -0.2) is 0 Å². The van der Waals surface area contributed by atoms with Crippen LogP contribution in [0.25, 0.3) is 0 Å². The van der Waals surface area contributed by atoms with E-state index in [1.807, 2.05) is 51.1 Å². The van der Waals surface area contributed by atoms with Crippen molar-refractivity contribution in [2.75, 3.05) is 31.2 Å². The molecule has 2 saturated heterocycles. The first-order valence-electron chi connectivity index (χ1n) is 13.8. The number of carbonyl (C=O) groups excluding carboxylic acids is 3. The second kappa shape index (κ2) is 10.5. The van der Waals surface area contributed by atoms with Crippen molar-refractivity contribution >= 4 is 35.2 Å². The number of fused-ring (bicyclic) bond motifs is 2. The number of anilines is 1.